The van der Waals surface area contributed by atoms with Crippen LogP contribution in [0.2, 0.25) is 5.15 Å². The maximum atomic E-state index is 9.72. The van der Waals surface area contributed by atoms with Crippen molar-refractivity contribution >= 4 is 11.6 Å². The first-order chi connectivity index (χ1) is 6.74. The van der Waals surface area contributed by atoms with E-state index < -0.39 is 6.10 Å². The molecule has 0 saturated heterocycles. The Balaban J connectivity index is 2.41. The quantitative estimate of drug-likeness (QED) is 0.772. The number of aliphatic hydroxyl groups is 2. The van der Waals surface area contributed by atoms with Gasteiger partial charge in [-0.25, -0.2) is 4.98 Å². The smallest absolute Gasteiger partial charge is 0.153 e. The van der Waals surface area contributed by atoms with Gasteiger partial charge in [-0.3, -0.25) is 0 Å². The van der Waals surface area contributed by atoms with E-state index in [0.717, 1.165) is 25.2 Å². The topological polar surface area (TPSA) is 58.3 Å². The second-order valence-electron chi connectivity index (χ2n) is 3.49. The summed E-state index contributed by atoms with van der Waals surface area (Å²) < 4.78 is 1.92. The number of rotatable bonds is 2. The van der Waals surface area contributed by atoms with E-state index in [0.29, 0.717) is 17.3 Å². The van der Waals surface area contributed by atoms with Crippen molar-refractivity contribution in [3.05, 3.63) is 16.7 Å². The van der Waals surface area contributed by atoms with E-state index >= 15 is 0 Å². The zero-order valence-corrected chi connectivity index (χ0v) is 8.54. The summed E-state index contributed by atoms with van der Waals surface area (Å²) in [6, 6.07) is 0. The molecule has 1 aliphatic heterocycles. The molecule has 0 saturated carbocycles. The normalized spacial score (nSPS) is 20.9. The molecule has 1 aliphatic rings. The van der Waals surface area contributed by atoms with Crippen molar-refractivity contribution < 1.29 is 10.2 Å². The molecule has 78 valence electrons. The highest BCUT2D eigenvalue weighted by molar-refractivity contribution is 6.30. The SMILES string of the molecule is OCCc1nc(Cl)c2n1CCCC2O. The van der Waals surface area contributed by atoms with Crippen LogP contribution in [0.15, 0.2) is 0 Å². The van der Waals surface area contributed by atoms with E-state index in [1.54, 1.807) is 0 Å². The third-order valence-corrected chi connectivity index (χ3v) is 2.83. The molecule has 2 rings (SSSR count). The molecule has 1 unspecified atom stereocenters. The average molecular weight is 217 g/mol. The number of hydrogen-bond acceptors (Lipinski definition) is 3. The lowest BCUT2D eigenvalue weighted by atomic mass is 10.1. The van der Waals surface area contributed by atoms with Crippen molar-refractivity contribution in [1.29, 1.82) is 0 Å². The van der Waals surface area contributed by atoms with E-state index in [9.17, 15) is 5.11 Å². The van der Waals surface area contributed by atoms with Gasteiger partial charge in [0.05, 0.1) is 18.4 Å². The van der Waals surface area contributed by atoms with Crippen LogP contribution >= 0.6 is 11.6 Å². The predicted molar refractivity (Wildman–Crippen MR) is 52.2 cm³/mol. The Hall–Kier alpha value is -0.580. The van der Waals surface area contributed by atoms with Gasteiger partial charge in [0.1, 0.15) is 5.82 Å². The molecule has 1 aromatic heterocycles. The molecule has 14 heavy (non-hydrogen) atoms. The third-order valence-electron chi connectivity index (χ3n) is 2.55. The molecule has 0 amide bonds. The molecule has 2 heterocycles. The van der Waals surface area contributed by atoms with Gasteiger partial charge in [0.25, 0.3) is 0 Å². The highest BCUT2D eigenvalue weighted by Gasteiger charge is 2.25. The average Bonchev–Trinajstić information content (AvgIpc) is 2.46. The maximum absolute atomic E-state index is 9.72. The van der Waals surface area contributed by atoms with Crippen LogP contribution in [-0.2, 0) is 13.0 Å². The minimum atomic E-state index is -0.504. The van der Waals surface area contributed by atoms with Crippen LogP contribution in [0.5, 0.6) is 0 Å². The fourth-order valence-electron chi connectivity index (χ4n) is 1.92. The molecule has 1 aromatic rings. The Kier molecular flexibility index (Phi) is 2.76. The Bertz CT molecular complexity index is 338. The minimum absolute atomic E-state index is 0.0584. The molecule has 4 nitrogen and oxygen atoms in total. The number of hydrogen-bond donors (Lipinski definition) is 2. The Labute approximate surface area is 87.1 Å². The van der Waals surface area contributed by atoms with E-state index in [4.69, 9.17) is 16.7 Å². The number of aromatic nitrogens is 2. The van der Waals surface area contributed by atoms with Crippen molar-refractivity contribution in [2.24, 2.45) is 0 Å². The summed E-state index contributed by atoms with van der Waals surface area (Å²) in [6.45, 7) is 0.893. The van der Waals surface area contributed by atoms with Crippen LogP contribution in [0.1, 0.15) is 30.5 Å². The van der Waals surface area contributed by atoms with E-state index in [1.807, 2.05) is 4.57 Å². The largest absolute Gasteiger partial charge is 0.396 e. The molecule has 0 radical (unpaired) electrons. The first kappa shape index (κ1) is 9.96. The van der Waals surface area contributed by atoms with Gasteiger partial charge >= 0.3 is 0 Å². The molecular formula is C9H13ClN2O2. The zero-order chi connectivity index (χ0) is 10.1. The minimum Gasteiger partial charge on any atom is -0.396 e. The molecule has 2 N–H and O–H groups in total. The van der Waals surface area contributed by atoms with E-state index in [-0.39, 0.29) is 6.61 Å². The summed E-state index contributed by atoms with van der Waals surface area (Å²) in [5.74, 6) is 0.770. The van der Waals surface area contributed by atoms with Crippen LogP contribution < -0.4 is 0 Å². The number of fused-ring (bicyclic) bond motifs is 1. The van der Waals surface area contributed by atoms with Gasteiger partial charge in [0.2, 0.25) is 0 Å². The van der Waals surface area contributed by atoms with Gasteiger partial charge in [0.15, 0.2) is 5.15 Å². The van der Waals surface area contributed by atoms with Crippen molar-refractivity contribution in [3.63, 3.8) is 0 Å². The highest BCUT2D eigenvalue weighted by atomic mass is 35.5. The molecule has 0 fully saturated rings. The summed E-state index contributed by atoms with van der Waals surface area (Å²) in [4.78, 5) is 4.14. The van der Waals surface area contributed by atoms with Crippen LogP contribution in [-0.4, -0.2) is 26.4 Å². The van der Waals surface area contributed by atoms with Gasteiger partial charge in [0, 0.05) is 13.0 Å². The van der Waals surface area contributed by atoms with E-state index in [2.05, 4.69) is 4.98 Å². The van der Waals surface area contributed by atoms with Gasteiger partial charge in [-0.15, -0.1) is 0 Å². The van der Waals surface area contributed by atoms with Gasteiger partial charge in [-0.05, 0) is 12.8 Å². The number of nitrogens with zero attached hydrogens (tertiary/aromatic N) is 2. The molecule has 0 aliphatic carbocycles. The van der Waals surface area contributed by atoms with Gasteiger partial charge in [-0.2, -0.15) is 0 Å². The number of halogens is 1. The lowest BCUT2D eigenvalue weighted by Gasteiger charge is -2.21. The first-order valence-electron chi connectivity index (χ1n) is 4.77. The zero-order valence-electron chi connectivity index (χ0n) is 7.78. The standard InChI is InChI=1S/C9H13ClN2O2/c10-9-8-6(14)2-1-4-12(8)7(11-9)3-5-13/h6,13-14H,1-5H2. The molecule has 0 bridgehead atoms. The Morgan fingerprint density at radius 1 is 1.57 bits per heavy atom. The monoisotopic (exact) mass is 216 g/mol. The lowest BCUT2D eigenvalue weighted by Crippen LogP contribution is -2.17. The Morgan fingerprint density at radius 2 is 2.36 bits per heavy atom. The first-order valence-corrected chi connectivity index (χ1v) is 5.15. The van der Waals surface area contributed by atoms with Crippen LogP contribution in [0.3, 0.4) is 0 Å². The second-order valence-corrected chi connectivity index (χ2v) is 3.85. The summed E-state index contributed by atoms with van der Waals surface area (Å²) in [5, 5.41) is 18.9. The molecular weight excluding hydrogens is 204 g/mol. The molecule has 0 aromatic carbocycles. The highest BCUT2D eigenvalue weighted by Crippen LogP contribution is 2.31. The fraction of sp³-hybridized carbons (Fsp3) is 0.667. The Morgan fingerprint density at radius 3 is 3.07 bits per heavy atom. The van der Waals surface area contributed by atoms with Crippen molar-refractivity contribution in [1.82, 2.24) is 9.55 Å². The van der Waals surface area contributed by atoms with Gasteiger partial charge < -0.3 is 14.8 Å². The van der Waals surface area contributed by atoms with E-state index in [1.165, 1.54) is 0 Å². The maximum Gasteiger partial charge on any atom is 0.153 e. The third kappa shape index (κ3) is 1.54. The number of imidazole rings is 1. The van der Waals surface area contributed by atoms with Gasteiger partial charge in [-0.1, -0.05) is 11.6 Å². The summed E-state index contributed by atoms with van der Waals surface area (Å²) in [6.07, 6.45) is 1.66. The molecule has 5 heteroatoms. The van der Waals surface area contributed by atoms with Crippen molar-refractivity contribution in [2.45, 2.75) is 31.9 Å². The molecule has 0 spiro atoms. The summed E-state index contributed by atoms with van der Waals surface area (Å²) in [5.41, 5.74) is 0.710. The van der Waals surface area contributed by atoms with Crippen LogP contribution in [0.4, 0.5) is 0 Å². The van der Waals surface area contributed by atoms with Crippen molar-refractivity contribution in [3.8, 4) is 0 Å². The van der Waals surface area contributed by atoms with Crippen LogP contribution in [0, 0.1) is 0 Å². The summed E-state index contributed by atoms with van der Waals surface area (Å²) in [7, 11) is 0. The lowest BCUT2D eigenvalue weighted by molar-refractivity contribution is 0.138. The molecule has 1 atom stereocenters. The van der Waals surface area contributed by atoms with Crippen LogP contribution in [0.25, 0.3) is 0 Å². The predicted octanol–water partition coefficient (Wildman–Crippen LogP) is 0.899. The van der Waals surface area contributed by atoms with Crippen molar-refractivity contribution in [2.75, 3.05) is 6.61 Å². The number of aliphatic hydroxyl groups excluding tert-OH is 2. The summed E-state index contributed by atoms with van der Waals surface area (Å²) >= 11 is 5.92. The fourth-order valence-corrected chi connectivity index (χ4v) is 2.24. The second kappa shape index (κ2) is 3.88.